The fourth-order valence-electron chi connectivity index (χ4n) is 3.67. The molecule has 0 aliphatic carbocycles. The largest absolute Gasteiger partial charge is 0.361 e. The fraction of sp³-hybridized carbons (Fsp3) is 0.409. The number of pyridine rings is 1. The molecule has 28 heavy (non-hydrogen) atoms. The van der Waals surface area contributed by atoms with Crippen LogP contribution in [0.4, 0.5) is 0 Å². The van der Waals surface area contributed by atoms with Gasteiger partial charge in [-0.15, -0.1) is 0 Å². The van der Waals surface area contributed by atoms with Crippen molar-refractivity contribution in [1.29, 1.82) is 0 Å². The Labute approximate surface area is 165 Å². The van der Waals surface area contributed by atoms with Crippen molar-refractivity contribution in [2.45, 2.75) is 33.2 Å². The lowest BCUT2D eigenvalue weighted by atomic mass is 10.0. The van der Waals surface area contributed by atoms with Gasteiger partial charge in [0.2, 0.25) is 0 Å². The standard InChI is InChI=1S/C22H26N4O2/c1-15(2)21-13-19(18-6-4-5-7-20(18)23-21)22(27)26-10-8-25(9-11-26)14-17-12-16(3)28-24-17/h4-7,12-13,15H,8-11,14H2,1-3H3. The van der Waals surface area contributed by atoms with Gasteiger partial charge in [0.1, 0.15) is 5.76 Å². The number of aromatic nitrogens is 2. The van der Waals surface area contributed by atoms with E-state index in [1.165, 1.54) is 0 Å². The molecule has 0 spiro atoms. The van der Waals surface area contributed by atoms with E-state index < -0.39 is 0 Å². The van der Waals surface area contributed by atoms with Crippen molar-refractivity contribution in [2.75, 3.05) is 26.2 Å². The molecule has 0 saturated carbocycles. The third-order valence-corrected chi connectivity index (χ3v) is 5.28. The number of rotatable bonds is 4. The summed E-state index contributed by atoms with van der Waals surface area (Å²) in [4.78, 5) is 22.3. The molecular weight excluding hydrogens is 352 g/mol. The second-order valence-electron chi connectivity index (χ2n) is 7.76. The van der Waals surface area contributed by atoms with E-state index in [0.29, 0.717) is 13.1 Å². The minimum Gasteiger partial charge on any atom is -0.361 e. The predicted octanol–water partition coefficient (Wildman–Crippen LogP) is 3.61. The lowest BCUT2D eigenvalue weighted by Crippen LogP contribution is -2.48. The molecule has 0 atom stereocenters. The van der Waals surface area contributed by atoms with Crippen LogP contribution in [0.25, 0.3) is 10.9 Å². The van der Waals surface area contributed by atoms with Crippen molar-refractivity contribution < 1.29 is 9.32 Å². The van der Waals surface area contributed by atoms with Crippen molar-refractivity contribution >= 4 is 16.8 Å². The molecule has 6 heteroatoms. The van der Waals surface area contributed by atoms with E-state index in [2.05, 4.69) is 23.9 Å². The number of para-hydroxylation sites is 1. The third kappa shape index (κ3) is 3.78. The molecule has 4 rings (SSSR count). The number of carbonyl (C=O) groups excluding carboxylic acids is 1. The van der Waals surface area contributed by atoms with Crippen LogP contribution in [0.5, 0.6) is 0 Å². The van der Waals surface area contributed by atoms with Crippen LogP contribution in [0, 0.1) is 6.92 Å². The lowest BCUT2D eigenvalue weighted by Gasteiger charge is -2.34. The molecule has 0 bridgehead atoms. The summed E-state index contributed by atoms with van der Waals surface area (Å²) in [5.74, 6) is 1.20. The molecular formula is C22H26N4O2. The van der Waals surface area contributed by atoms with Crippen molar-refractivity contribution in [2.24, 2.45) is 0 Å². The van der Waals surface area contributed by atoms with E-state index in [9.17, 15) is 4.79 Å². The third-order valence-electron chi connectivity index (χ3n) is 5.28. The van der Waals surface area contributed by atoms with Crippen molar-refractivity contribution in [3.05, 3.63) is 59.1 Å². The summed E-state index contributed by atoms with van der Waals surface area (Å²) in [5.41, 5.74) is 3.55. The van der Waals surface area contributed by atoms with Gasteiger partial charge >= 0.3 is 0 Å². The molecule has 2 aromatic heterocycles. The van der Waals surface area contributed by atoms with E-state index >= 15 is 0 Å². The predicted molar refractivity (Wildman–Crippen MR) is 108 cm³/mol. The molecule has 1 aliphatic heterocycles. The highest BCUT2D eigenvalue weighted by Crippen LogP contribution is 2.24. The number of piperazine rings is 1. The molecule has 1 aliphatic rings. The molecule has 146 valence electrons. The second-order valence-corrected chi connectivity index (χ2v) is 7.76. The first-order valence-electron chi connectivity index (χ1n) is 9.85. The Morgan fingerprint density at radius 1 is 1.14 bits per heavy atom. The molecule has 6 nitrogen and oxygen atoms in total. The van der Waals surface area contributed by atoms with E-state index in [-0.39, 0.29) is 11.8 Å². The van der Waals surface area contributed by atoms with Gasteiger partial charge in [-0.05, 0) is 25.0 Å². The number of nitrogens with zero attached hydrogens (tertiary/aromatic N) is 4. The highest BCUT2D eigenvalue weighted by atomic mass is 16.5. The Hall–Kier alpha value is -2.73. The summed E-state index contributed by atoms with van der Waals surface area (Å²) >= 11 is 0. The second kappa shape index (κ2) is 7.72. The van der Waals surface area contributed by atoms with E-state index in [0.717, 1.165) is 53.2 Å². The average Bonchev–Trinajstić information content (AvgIpc) is 3.11. The van der Waals surface area contributed by atoms with Crippen LogP contribution in [0.15, 0.2) is 40.9 Å². The Kier molecular flexibility index (Phi) is 5.13. The van der Waals surface area contributed by atoms with Crippen LogP contribution >= 0.6 is 0 Å². The van der Waals surface area contributed by atoms with Gasteiger partial charge in [-0.25, -0.2) is 0 Å². The average molecular weight is 378 g/mol. The number of benzene rings is 1. The number of carbonyl (C=O) groups is 1. The highest BCUT2D eigenvalue weighted by Gasteiger charge is 2.25. The molecule has 1 amide bonds. The fourth-order valence-corrected chi connectivity index (χ4v) is 3.67. The van der Waals surface area contributed by atoms with Gasteiger partial charge in [0.25, 0.3) is 5.91 Å². The lowest BCUT2D eigenvalue weighted by molar-refractivity contribution is 0.0627. The van der Waals surface area contributed by atoms with Crippen LogP contribution in [0.3, 0.4) is 0 Å². The van der Waals surface area contributed by atoms with E-state index in [4.69, 9.17) is 9.51 Å². The first kappa shape index (κ1) is 18.6. The summed E-state index contributed by atoms with van der Waals surface area (Å²) < 4.78 is 5.15. The molecule has 3 heterocycles. The number of aryl methyl sites for hydroxylation is 1. The zero-order valence-electron chi connectivity index (χ0n) is 16.7. The van der Waals surface area contributed by atoms with Gasteiger partial charge in [0.15, 0.2) is 0 Å². The Bertz CT molecular complexity index is 987. The minimum absolute atomic E-state index is 0.0948. The molecule has 1 saturated heterocycles. The summed E-state index contributed by atoms with van der Waals surface area (Å²) in [7, 11) is 0. The van der Waals surface area contributed by atoms with Crippen molar-refractivity contribution in [3.63, 3.8) is 0 Å². The van der Waals surface area contributed by atoms with Gasteiger partial charge in [0.05, 0.1) is 16.8 Å². The Balaban J connectivity index is 1.51. The number of fused-ring (bicyclic) bond motifs is 1. The summed E-state index contributed by atoms with van der Waals surface area (Å²) in [6.07, 6.45) is 0. The van der Waals surface area contributed by atoms with Crippen LogP contribution in [-0.2, 0) is 6.54 Å². The van der Waals surface area contributed by atoms with Crippen molar-refractivity contribution in [3.8, 4) is 0 Å². The monoisotopic (exact) mass is 378 g/mol. The first-order chi connectivity index (χ1) is 13.5. The SMILES string of the molecule is Cc1cc(CN2CCN(C(=O)c3cc(C(C)C)nc4ccccc34)CC2)no1. The maximum absolute atomic E-state index is 13.3. The minimum atomic E-state index is 0.0948. The first-order valence-corrected chi connectivity index (χ1v) is 9.85. The zero-order valence-corrected chi connectivity index (χ0v) is 16.7. The Morgan fingerprint density at radius 3 is 2.57 bits per heavy atom. The number of hydrogen-bond acceptors (Lipinski definition) is 5. The molecule has 0 radical (unpaired) electrons. The smallest absolute Gasteiger partial charge is 0.254 e. The molecule has 1 aromatic carbocycles. The highest BCUT2D eigenvalue weighted by molar-refractivity contribution is 6.06. The van der Waals surface area contributed by atoms with Crippen LogP contribution < -0.4 is 0 Å². The quantitative estimate of drug-likeness (QED) is 0.694. The molecule has 3 aromatic rings. The zero-order chi connectivity index (χ0) is 19.7. The number of amides is 1. The van der Waals surface area contributed by atoms with Gasteiger partial charge in [0, 0.05) is 49.9 Å². The molecule has 0 N–H and O–H groups in total. The number of hydrogen-bond donors (Lipinski definition) is 0. The van der Waals surface area contributed by atoms with Crippen LogP contribution in [0.2, 0.25) is 0 Å². The summed E-state index contributed by atoms with van der Waals surface area (Å²) in [5, 5.41) is 5.00. The van der Waals surface area contributed by atoms with Gasteiger partial charge < -0.3 is 9.42 Å². The maximum Gasteiger partial charge on any atom is 0.254 e. The normalized spacial score (nSPS) is 15.5. The van der Waals surface area contributed by atoms with Crippen LogP contribution in [-0.4, -0.2) is 52.0 Å². The Morgan fingerprint density at radius 2 is 1.89 bits per heavy atom. The summed E-state index contributed by atoms with van der Waals surface area (Å²) in [6.45, 7) is 9.96. The van der Waals surface area contributed by atoms with Crippen molar-refractivity contribution in [1.82, 2.24) is 19.9 Å². The molecule has 0 unspecified atom stereocenters. The van der Waals surface area contributed by atoms with E-state index in [1.807, 2.05) is 48.2 Å². The maximum atomic E-state index is 13.3. The molecule has 1 fully saturated rings. The topological polar surface area (TPSA) is 62.5 Å². The van der Waals surface area contributed by atoms with Gasteiger partial charge in [-0.2, -0.15) is 0 Å². The van der Waals surface area contributed by atoms with Crippen LogP contribution in [0.1, 0.15) is 47.3 Å². The summed E-state index contributed by atoms with van der Waals surface area (Å²) in [6, 6.07) is 11.8. The van der Waals surface area contributed by atoms with Gasteiger partial charge in [-0.3, -0.25) is 14.7 Å². The van der Waals surface area contributed by atoms with E-state index in [1.54, 1.807) is 0 Å². The van der Waals surface area contributed by atoms with Gasteiger partial charge in [-0.1, -0.05) is 37.2 Å².